The molecular weight excluding hydrogens is 572 g/mol. The van der Waals surface area contributed by atoms with E-state index in [0.29, 0.717) is 12.0 Å². The molecule has 0 fully saturated rings. The summed E-state index contributed by atoms with van der Waals surface area (Å²) < 4.78 is 5.80. The fourth-order valence-corrected chi connectivity index (χ4v) is 5.77. The summed E-state index contributed by atoms with van der Waals surface area (Å²) in [5.74, 6) is -2.15. The maximum absolute atomic E-state index is 14.1. The Morgan fingerprint density at radius 1 is 0.911 bits per heavy atom. The van der Waals surface area contributed by atoms with Crippen LogP contribution in [0.1, 0.15) is 64.6 Å². The Morgan fingerprint density at radius 3 is 2.31 bits per heavy atom. The number of ether oxygens (including phenoxy) is 1. The average Bonchev–Trinajstić information content (AvgIpc) is 3.41. The molecule has 10 nitrogen and oxygen atoms in total. The second-order valence-corrected chi connectivity index (χ2v) is 12.3. The van der Waals surface area contributed by atoms with Crippen LogP contribution in [0, 0.1) is 11.8 Å². The first-order chi connectivity index (χ1) is 21.3. The number of nitrogens with one attached hydrogen (secondary N) is 3. The van der Waals surface area contributed by atoms with E-state index in [-0.39, 0.29) is 30.4 Å². The van der Waals surface area contributed by atoms with Gasteiger partial charge in [0, 0.05) is 42.4 Å². The molecule has 1 aliphatic rings. The third kappa shape index (κ3) is 8.32. The molecule has 2 heterocycles. The van der Waals surface area contributed by atoms with Crippen LogP contribution in [0.4, 0.5) is 0 Å². The van der Waals surface area contributed by atoms with Crippen molar-refractivity contribution in [2.24, 2.45) is 11.8 Å². The molecule has 0 spiro atoms. The number of hydrogen-bond donors (Lipinski definition) is 4. The second kappa shape index (κ2) is 14.5. The number of carbonyl (C=O) groups is 4. The van der Waals surface area contributed by atoms with Crippen LogP contribution in [0.2, 0.25) is 0 Å². The first-order valence-electron chi connectivity index (χ1n) is 15.4. The highest BCUT2D eigenvalue weighted by Crippen LogP contribution is 2.25. The Balaban J connectivity index is 1.73. The van der Waals surface area contributed by atoms with Gasteiger partial charge in [-0.15, -0.1) is 0 Å². The van der Waals surface area contributed by atoms with Crippen LogP contribution in [0.25, 0.3) is 10.9 Å². The van der Waals surface area contributed by atoms with Gasteiger partial charge in [0.05, 0.1) is 12.5 Å². The number of nitrogens with zero attached hydrogens (tertiary/aromatic N) is 1. The van der Waals surface area contributed by atoms with E-state index in [9.17, 15) is 24.3 Å². The van der Waals surface area contributed by atoms with Gasteiger partial charge in [-0.05, 0) is 56.5 Å². The molecule has 45 heavy (non-hydrogen) atoms. The Hall–Kier alpha value is -4.60. The van der Waals surface area contributed by atoms with Crippen molar-refractivity contribution < 1.29 is 29.0 Å². The lowest BCUT2D eigenvalue weighted by molar-refractivity contribution is -0.150. The standard InChI is InChI=1S/C35H44N4O6/c1-20-15-21(2)24(5)45-32(41)18-30(25-11-13-27(40)14-12-25)38-34(43)31(17-26-19-36-29-10-8-7-9-28(26)29)39(6)35(44)23(4)37-33(42)22(3)16-20/h7-15,19,21-24,30-31,36,40H,16-18H2,1-6H3,(H,37,42)(H,38,43)/b20-15-/t21-,22-,23+,24+,30-,31-/m1/s1. The van der Waals surface area contributed by atoms with Crippen molar-refractivity contribution in [1.29, 1.82) is 0 Å². The number of hydrogen-bond acceptors (Lipinski definition) is 6. The van der Waals surface area contributed by atoms with Gasteiger partial charge in [0.1, 0.15) is 23.9 Å². The van der Waals surface area contributed by atoms with Crippen molar-refractivity contribution in [1.82, 2.24) is 20.5 Å². The number of aromatic hydroxyl groups is 1. The molecule has 4 N–H and O–H groups in total. The highest BCUT2D eigenvalue weighted by Gasteiger charge is 2.34. The summed E-state index contributed by atoms with van der Waals surface area (Å²) in [6.45, 7) is 9.10. The Morgan fingerprint density at radius 2 is 1.60 bits per heavy atom. The zero-order valence-electron chi connectivity index (χ0n) is 26.8. The summed E-state index contributed by atoms with van der Waals surface area (Å²) in [5, 5.41) is 16.6. The van der Waals surface area contributed by atoms with Crippen molar-refractivity contribution >= 4 is 34.6 Å². The largest absolute Gasteiger partial charge is 0.508 e. The van der Waals surface area contributed by atoms with Gasteiger partial charge in [-0.2, -0.15) is 0 Å². The monoisotopic (exact) mass is 616 g/mol. The lowest BCUT2D eigenvalue weighted by Crippen LogP contribution is -2.55. The van der Waals surface area contributed by atoms with Crippen LogP contribution >= 0.6 is 0 Å². The molecule has 1 aliphatic heterocycles. The number of phenols is 1. The summed E-state index contributed by atoms with van der Waals surface area (Å²) in [5.41, 5.74) is 3.30. The van der Waals surface area contributed by atoms with E-state index in [1.54, 1.807) is 33.0 Å². The van der Waals surface area contributed by atoms with E-state index >= 15 is 0 Å². The van der Waals surface area contributed by atoms with Crippen molar-refractivity contribution in [3.63, 3.8) is 0 Å². The fourth-order valence-electron chi connectivity index (χ4n) is 5.77. The number of allylic oxidation sites excluding steroid dienone is 1. The van der Waals surface area contributed by atoms with Crippen molar-refractivity contribution in [2.45, 2.75) is 78.1 Å². The molecule has 0 aliphatic carbocycles. The number of cyclic esters (lactones) is 1. The minimum absolute atomic E-state index is 0.0466. The number of carbonyl (C=O) groups excluding carboxylic acids is 4. The van der Waals surface area contributed by atoms with Gasteiger partial charge < -0.3 is 30.4 Å². The number of amides is 3. The lowest BCUT2D eigenvalue weighted by atomic mass is 9.96. The minimum Gasteiger partial charge on any atom is -0.508 e. The summed E-state index contributed by atoms with van der Waals surface area (Å²) in [7, 11) is 1.55. The summed E-state index contributed by atoms with van der Waals surface area (Å²) >= 11 is 0. The third-order valence-electron chi connectivity index (χ3n) is 8.60. The van der Waals surface area contributed by atoms with Crippen LogP contribution in [0.3, 0.4) is 0 Å². The molecule has 6 atom stereocenters. The van der Waals surface area contributed by atoms with Crippen molar-refractivity contribution in [2.75, 3.05) is 7.05 Å². The molecule has 0 bridgehead atoms. The molecule has 3 amide bonds. The van der Waals surface area contributed by atoms with Gasteiger partial charge >= 0.3 is 5.97 Å². The Labute approximate surface area is 264 Å². The number of H-pyrrole nitrogens is 1. The second-order valence-electron chi connectivity index (χ2n) is 12.3. The molecule has 4 rings (SSSR count). The van der Waals surface area contributed by atoms with E-state index in [4.69, 9.17) is 4.74 Å². The van der Waals surface area contributed by atoms with Crippen LogP contribution in [0.15, 0.2) is 66.4 Å². The fraction of sp³-hybridized carbons (Fsp3) is 0.429. The number of esters is 1. The molecule has 0 unspecified atom stereocenters. The lowest BCUT2D eigenvalue weighted by Gasteiger charge is -2.32. The van der Waals surface area contributed by atoms with Gasteiger partial charge in [0.25, 0.3) is 0 Å². The molecule has 0 saturated heterocycles. The van der Waals surface area contributed by atoms with E-state index in [0.717, 1.165) is 22.0 Å². The predicted molar refractivity (Wildman–Crippen MR) is 172 cm³/mol. The van der Waals surface area contributed by atoms with Crippen molar-refractivity contribution in [3.05, 3.63) is 77.5 Å². The molecule has 1 aromatic heterocycles. The number of benzene rings is 2. The van der Waals surface area contributed by atoms with Gasteiger partial charge in [-0.1, -0.05) is 55.8 Å². The number of phenolic OH excluding ortho intramolecular Hbond substituents is 1. The summed E-state index contributed by atoms with van der Waals surface area (Å²) in [4.78, 5) is 58.8. The van der Waals surface area contributed by atoms with E-state index in [1.165, 1.54) is 17.0 Å². The molecule has 0 radical (unpaired) electrons. The molecular formula is C35H44N4O6. The molecule has 0 saturated carbocycles. The van der Waals surface area contributed by atoms with Crippen LogP contribution < -0.4 is 10.6 Å². The van der Waals surface area contributed by atoms with Crippen molar-refractivity contribution in [3.8, 4) is 5.75 Å². The zero-order valence-corrected chi connectivity index (χ0v) is 26.8. The first-order valence-corrected chi connectivity index (χ1v) is 15.4. The van der Waals surface area contributed by atoms with Crippen LogP contribution in [0.5, 0.6) is 5.75 Å². The number of aromatic amines is 1. The summed E-state index contributed by atoms with van der Waals surface area (Å²) in [6, 6.07) is 11.3. The number of fused-ring (bicyclic) bond motifs is 1. The zero-order chi connectivity index (χ0) is 32.8. The Kier molecular flexibility index (Phi) is 10.7. The van der Waals surface area contributed by atoms with Gasteiger partial charge in [0.15, 0.2) is 0 Å². The Bertz CT molecular complexity index is 1560. The summed E-state index contributed by atoms with van der Waals surface area (Å²) in [6.07, 6.45) is 3.86. The van der Waals surface area contributed by atoms with Crippen LogP contribution in [-0.2, 0) is 30.3 Å². The molecule has 2 aromatic carbocycles. The molecule has 10 heteroatoms. The SMILES string of the molecule is C/C1=C/[C@@H](C)[C@H](C)OC(=O)C[C@H](c2ccc(O)cc2)NC(=O)[C@@H](Cc2c[nH]c3ccccc23)N(C)C(=O)[C@H](C)NC(=O)[C@H](C)C1. The number of likely N-dealkylation sites (N-methyl/N-ethyl adjacent to an activating group) is 1. The maximum Gasteiger partial charge on any atom is 0.308 e. The van der Waals surface area contributed by atoms with Gasteiger partial charge in [-0.3, -0.25) is 19.2 Å². The van der Waals surface area contributed by atoms with E-state index in [2.05, 4.69) is 15.6 Å². The van der Waals surface area contributed by atoms with Crippen LogP contribution in [-0.4, -0.2) is 63.9 Å². The maximum atomic E-state index is 14.1. The van der Waals surface area contributed by atoms with Gasteiger partial charge in [-0.25, -0.2) is 0 Å². The van der Waals surface area contributed by atoms with Gasteiger partial charge in [0.2, 0.25) is 17.7 Å². The highest BCUT2D eigenvalue weighted by molar-refractivity contribution is 5.93. The average molecular weight is 617 g/mol. The quantitative estimate of drug-likeness (QED) is 0.251. The van der Waals surface area contributed by atoms with E-state index < -0.39 is 47.9 Å². The normalized spacial score (nSPS) is 27.5. The number of aromatic nitrogens is 1. The molecule has 240 valence electrons. The topological polar surface area (TPSA) is 141 Å². The smallest absolute Gasteiger partial charge is 0.308 e. The highest BCUT2D eigenvalue weighted by atomic mass is 16.5. The first kappa shape index (κ1) is 33.3. The molecule has 3 aromatic rings. The minimum atomic E-state index is -0.980. The predicted octanol–water partition coefficient (Wildman–Crippen LogP) is 4.55. The number of para-hydroxylation sites is 1. The third-order valence-corrected chi connectivity index (χ3v) is 8.60. The van der Waals surface area contributed by atoms with E-state index in [1.807, 2.05) is 57.3 Å². The number of rotatable bonds is 3.